The smallest absolute Gasteiger partial charge is 0.223 e. The van der Waals surface area contributed by atoms with E-state index in [2.05, 4.69) is 38.6 Å². The molecule has 2 N–H and O–H groups in total. The van der Waals surface area contributed by atoms with Gasteiger partial charge in [0.05, 0.1) is 17.9 Å². The molecule has 0 aromatic carbocycles. The number of H-pyrrole nitrogens is 1. The van der Waals surface area contributed by atoms with E-state index in [1.54, 1.807) is 0 Å². The second-order valence-corrected chi connectivity index (χ2v) is 7.77. The molecular formula is C19H28N6O. The fourth-order valence-electron chi connectivity index (χ4n) is 4.22. The van der Waals surface area contributed by atoms with Gasteiger partial charge in [-0.25, -0.2) is 0 Å². The van der Waals surface area contributed by atoms with E-state index in [0.717, 1.165) is 49.3 Å². The van der Waals surface area contributed by atoms with Gasteiger partial charge in [0.2, 0.25) is 5.91 Å². The quantitative estimate of drug-likeness (QED) is 0.830. The van der Waals surface area contributed by atoms with Crippen molar-refractivity contribution >= 4 is 5.91 Å². The summed E-state index contributed by atoms with van der Waals surface area (Å²) in [6.45, 7) is 5.79. The molecule has 3 heterocycles. The topological polar surface area (TPSA) is 78.8 Å². The maximum atomic E-state index is 12.6. The zero-order valence-corrected chi connectivity index (χ0v) is 15.8. The Labute approximate surface area is 154 Å². The molecule has 26 heavy (non-hydrogen) atoms. The lowest BCUT2D eigenvalue weighted by Gasteiger charge is -2.41. The SMILES string of the molecule is Cc1n[nH]c(C)c1CNC[C@H]1CCC(=O)N(C2CC2)[C@@H]1c1cnn(C)c1. The minimum atomic E-state index is 0.136. The third-order valence-corrected chi connectivity index (χ3v) is 5.76. The van der Waals surface area contributed by atoms with Crippen LogP contribution in [0.5, 0.6) is 0 Å². The van der Waals surface area contributed by atoms with Gasteiger partial charge in [0.1, 0.15) is 0 Å². The van der Waals surface area contributed by atoms with Crippen molar-refractivity contribution in [1.82, 2.24) is 30.2 Å². The number of carbonyl (C=O) groups is 1. The highest BCUT2D eigenvalue weighted by atomic mass is 16.2. The maximum Gasteiger partial charge on any atom is 0.223 e. The van der Waals surface area contributed by atoms with Crippen LogP contribution < -0.4 is 5.32 Å². The summed E-state index contributed by atoms with van der Waals surface area (Å²) < 4.78 is 1.84. The zero-order chi connectivity index (χ0) is 18.3. The van der Waals surface area contributed by atoms with Crippen molar-refractivity contribution in [3.05, 3.63) is 34.9 Å². The number of rotatable bonds is 6. The molecule has 2 fully saturated rings. The Bertz CT molecular complexity index is 770. The van der Waals surface area contributed by atoms with Crippen LogP contribution in [-0.2, 0) is 18.4 Å². The first-order valence-electron chi connectivity index (χ1n) is 9.55. The highest BCUT2D eigenvalue weighted by molar-refractivity contribution is 5.78. The van der Waals surface area contributed by atoms with Crippen molar-refractivity contribution < 1.29 is 4.79 Å². The van der Waals surface area contributed by atoms with E-state index in [0.29, 0.717) is 24.3 Å². The number of hydrogen-bond donors (Lipinski definition) is 2. The standard InChI is InChI=1S/C19H28N6O/c1-12-17(13(2)23-22-12)10-20-8-14-4-7-18(26)25(16-5-6-16)19(14)15-9-21-24(3)11-15/h9,11,14,16,19-20H,4-8,10H2,1-3H3,(H,22,23)/t14-,19+/m1/s1. The monoisotopic (exact) mass is 356 g/mol. The lowest BCUT2D eigenvalue weighted by molar-refractivity contribution is -0.139. The molecule has 7 heteroatoms. The highest BCUT2D eigenvalue weighted by Crippen LogP contribution is 2.43. The third kappa shape index (κ3) is 3.28. The molecule has 1 aliphatic heterocycles. The number of amides is 1. The number of likely N-dealkylation sites (tertiary alicyclic amines) is 1. The van der Waals surface area contributed by atoms with E-state index in [4.69, 9.17) is 0 Å². The summed E-state index contributed by atoms with van der Waals surface area (Å²) in [6, 6.07) is 0.561. The van der Waals surface area contributed by atoms with E-state index in [1.165, 1.54) is 5.56 Å². The van der Waals surface area contributed by atoms with E-state index >= 15 is 0 Å². The van der Waals surface area contributed by atoms with Crippen molar-refractivity contribution in [2.45, 2.75) is 58.2 Å². The Morgan fingerprint density at radius 2 is 2.12 bits per heavy atom. The van der Waals surface area contributed by atoms with Gasteiger partial charge in [0, 0.05) is 55.6 Å². The average Bonchev–Trinajstić information content (AvgIpc) is 3.29. The number of hydrogen-bond acceptors (Lipinski definition) is 4. The largest absolute Gasteiger partial charge is 0.332 e. The van der Waals surface area contributed by atoms with Gasteiger partial charge in [-0.1, -0.05) is 0 Å². The summed E-state index contributed by atoms with van der Waals surface area (Å²) in [5.41, 5.74) is 4.58. The molecule has 2 atom stereocenters. The van der Waals surface area contributed by atoms with Crippen LogP contribution in [0.15, 0.2) is 12.4 Å². The van der Waals surface area contributed by atoms with Crippen LogP contribution in [0.1, 0.15) is 54.2 Å². The van der Waals surface area contributed by atoms with Crippen LogP contribution in [-0.4, -0.2) is 43.4 Å². The van der Waals surface area contributed by atoms with Crippen molar-refractivity contribution in [3.8, 4) is 0 Å². The molecule has 0 unspecified atom stereocenters. The molecule has 0 bridgehead atoms. The number of aryl methyl sites for hydroxylation is 3. The summed E-state index contributed by atoms with van der Waals surface area (Å²) >= 11 is 0. The number of aromatic amines is 1. The van der Waals surface area contributed by atoms with Gasteiger partial charge in [0.25, 0.3) is 0 Å². The summed E-state index contributed by atoms with van der Waals surface area (Å²) in [4.78, 5) is 14.8. The van der Waals surface area contributed by atoms with Crippen LogP contribution in [0.25, 0.3) is 0 Å². The Balaban J connectivity index is 1.50. The average molecular weight is 356 g/mol. The predicted molar refractivity (Wildman–Crippen MR) is 98.3 cm³/mol. The highest BCUT2D eigenvalue weighted by Gasteiger charge is 2.44. The van der Waals surface area contributed by atoms with E-state index in [-0.39, 0.29) is 6.04 Å². The van der Waals surface area contributed by atoms with Crippen LogP contribution >= 0.6 is 0 Å². The van der Waals surface area contributed by atoms with E-state index in [9.17, 15) is 4.79 Å². The molecule has 2 aromatic rings. The lowest BCUT2D eigenvalue weighted by atomic mass is 9.85. The van der Waals surface area contributed by atoms with Gasteiger partial charge in [-0.3, -0.25) is 14.6 Å². The summed E-state index contributed by atoms with van der Waals surface area (Å²) in [5, 5.41) is 15.3. The predicted octanol–water partition coefficient (Wildman–Crippen LogP) is 1.99. The molecule has 140 valence electrons. The molecule has 1 saturated heterocycles. The number of aromatic nitrogens is 4. The van der Waals surface area contributed by atoms with Gasteiger partial charge >= 0.3 is 0 Å². The first-order valence-corrected chi connectivity index (χ1v) is 9.55. The molecule has 1 aliphatic carbocycles. The summed E-state index contributed by atoms with van der Waals surface area (Å²) in [7, 11) is 1.94. The van der Waals surface area contributed by atoms with Gasteiger partial charge in [-0.2, -0.15) is 10.2 Å². The molecule has 2 aromatic heterocycles. The first-order chi connectivity index (χ1) is 12.5. The van der Waals surface area contributed by atoms with Crippen LogP contribution in [0.2, 0.25) is 0 Å². The normalized spacial score (nSPS) is 23.7. The van der Waals surface area contributed by atoms with Crippen molar-refractivity contribution in [2.24, 2.45) is 13.0 Å². The van der Waals surface area contributed by atoms with Gasteiger partial charge < -0.3 is 10.2 Å². The molecular weight excluding hydrogens is 328 g/mol. The second kappa shape index (κ2) is 6.87. The molecule has 0 radical (unpaired) electrons. The third-order valence-electron chi connectivity index (χ3n) is 5.76. The van der Waals surface area contributed by atoms with Crippen molar-refractivity contribution in [3.63, 3.8) is 0 Å². The molecule has 2 aliphatic rings. The molecule has 0 spiro atoms. The second-order valence-electron chi connectivity index (χ2n) is 7.77. The van der Waals surface area contributed by atoms with Crippen molar-refractivity contribution in [1.29, 1.82) is 0 Å². The Hall–Kier alpha value is -2.15. The minimum absolute atomic E-state index is 0.136. The number of piperidine rings is 1. The molecule has 1 saturated carbocycles. The Morgan fingerprint density at radius 1 is 1.31 bits per heavy atom. The maximum absolute atomic E-state index is 12.6. The Kier molecular flexibility index (Phi) is 4.56. The van der Waals surface area contributed by atoms with Gasteiger partial charge in [0.15, 0.2) is 0 Å². The number of nitrogens with one attached hydrogen (secondary N) is 2. The summed E-state index contributed by atoms with van der Waals surface area (Å²) in [5.74, 6) is 0.712. The van der Waals surface area contributed by atoms with Gasteiger partial charge in [-0.05, 0) is 39.0 Å². The van der Waals surface area contributed by atoms with Gasteiger partial charge in [-0.15, -0.1) is 0 Å². The minimum Gasteiger partial charge on any atom is -0.332 e. The van der Waals surface area contributed by atoms with E-state index < -0.39 is 0 Å². The van der Waals surface area contributed by atoms with Crippen LogP contribution in [0.3, 0.4) is 0 Å². The zero-order valence-electron chi connectivity index (χ0n) is 15.8. The number of nitrogens with zero attached hydrogens (tertiary/aromatic N) is 4. The molecule has 7 nitrogen and oxygen atoms in total. The molecule has 4 rings (SSSR count). The van der Waals surface area contributed by atoms with E-state index in [1.807, 2.05) is 24.9 Å². The number of carbonyl (C=O) groups excluding carboxylic acids is 1. The molecule has 1 amide bonds. The fourth-order valence-corrected chi connectivity index (χ4v) is 4.22. The first kappa shape index (κ1) is 17.3. The fraction of sp³-hybridized carbons (Fsp3) is 0.632. The lowest BCUT2D eigenvalue weighted by Crippen LogP contribution is -2.46. The summed E-state index contributed by atoms with van der Waals surface area (Å²) in [6.07, 6.45) is 7.85. The Morgan fingerprint density at radius 3 is 2.73 bits per heavy atom. The van der Waals surface area contributed by atoms with Crippen molar-refractivity contribution in [2.75, 3.05) is 6.54 Å². The van der Waals surface area contributed by atoms with Crippen LogP contribution in [0.4, 0.5) is 0 Å². The van der Waals surface area contributed by atoms with Crippen LogP contribution in [0, 0.1) is 19.8 Å².